The van der Waals surface area contributed by atoms with Crippen molar-refractivity contribution in [3.63, 3.8) is 0 Å². The van der Waals surface area contributed by atoms with Crippen molar-refractivity contribution in [3.05, 3.63) is 72.3 Å². The smallest absolute Gasteiger partial charge is 0.573 e. The molecule has 12 heteroatoms. The van der Waals surface area contributed by atoms with E-state index in [1.807, 2.05) is 0 Å². The van der Waals surface area contributed by atoms with E-state index in [1.165, 1.54) is 48.5 Å². The number of aryl methyl sites for hydroxylation is 1. The van der Waals surface area contributed by atoms with Crippen molar-refractivity contribution in [2.24, 2.45) is 5.14 Å². The molecule has 0 fully saturated rings. The number of nitrogens with zero attached hydrogens (tertiary/aromatic N) is 1. The molecule has 2 N–H and O–H groups in total. The van der Waals surface area contributed by atoms with E-state index in [0.29, 0.717) is 16.7 Å². The van der Waals surface area contributed by atoms with Crippen LogP contribution in [0.5, 0.6) is 5.75 Å². The molecule has 0 bridgehead atoms. The van der Waals surface area contributed by atoms with Crippen LogP contribution in [0.25, 0.3) is 11.1 Å². The van der Waals surface area contributed by atoms with Crippen LogP contribution < -0.4 is 14.2 Å². The van der Waals surface area contributed by atoms with Gasteiger partial charge in [-0.05, 0) is 60.0 Å². The Morgan fingerprint density at radius 1 is 1.00 bits per heavy atom. The number of anilines is 2. The minimum absolute atomic E-state index is 0.0479. The van der Waals surface area contributed by atoms with Crippen molar-refractivity contribution in [1.29, 1.82) is 0 Å². The molecule has 0 aliphatic rings. The number of halogens is 3. The summed E-state index contributed by atoms with van der Waals surface area (Å²) >= 11 is -2.95. The Kier molecular flexibility index (Phi) is 6.60. The van der Waals surface area contributed by atoms with Crippen molar-refractivity contribution in [1.82, 2.24) is 0 Å². The number of primary sulfonamides is 1. The molecule has 0 aliphatic heterocycles. The van der Waals surface area contributed by atoms with Gasteiger partial charge in [0.15, 0.2) is 0 Å². The number of nitrogens with two attached hydrogens (primary N) is 1. The lowest BCUT2D eigenvalue weighted by Gasteiger charge is -2.28. The summed E-state index contributed by atoms with van der Waals surface area (Å²) in [5, 5.41) is 5.27. The predicted molar refractivity (Wildman–Crippen MR) is 112 cm³/mol. The number of sulfonamides is 1. The fourth-order valence-electron chi connectivity index (χ4n) is 3.01. The van der Waals surface area contributed by atoms with Crippen molar-refractivity contribution in [2.75, 3.05) is 4.31 Å². The number of hydrogen-bond donors (Lipinski definition) is 1. The highest BCUT2D eigenvalue weighted by Gasteiger charge is 2.31. The number of ether oxygens (including phenoxy) is 1. The molecule has 1 unspecified atom stereocenters. The third kappa shape index (κ3) is 5.65. The fourth-order valence-corrected chi connectivity index (χ4v) is 4.47. The monoisotopic (exact) mass is 485 g/mol. The Hall–Kier alpha value is -2.93. The summed E-state index contributed by atoms with van der Waals surface area (Å²) in [6, 6.07) is 15.0. The van der Waals surface area contributed by atoms with E-state index in [9.17, 15) is 30.4 Å². The van der Waals surface area contributed by atoms with Crippen LogP contribution in [0.2, 0.25) is 0 Å². The van der Waals surface area contributed by atoms with Gasteiger partial charge in [0.2, 0.25) is 10.0 Å². The van der Waals surface area contributed by atoms with E-state index in [0.717, 1.165) is 16.4 Å². The number of rotatable bonds is 6. The maximum atomic E-state index is 12.5. The van der Waals surface area contributed by atoms with Crippen LogP contribution in [-0.2, 0) is 21.3 Å². The van der Waals surface area contributed by atoms with Gasteiger partial charge < -0.3 is 9.29 Å². The molecule has 3 aromatic rings. The summed E-state index contributed by atoms with van der Waals surface area (Å²) in [6.07, 6.45) is -4.87. The molecule has 32 heavy (non-hydrogen) atoms. The first kappa shape index (κ1) is 23.7. The standard InChI is InChI=1S/C20H17F3N2O5S2/c1-13-8-9-18(19(10-13)32(24,28)29)25(31(26)27)16-6-2-4-14(11-16)15-5-3-7-17(12-15)30-20(21,22)23/h2-12H,1H3,(H,26,27)(H2,24,28,29)/p-1. The molecule has 0 spiro atoms. The lowest BCUT2D eigenvalue weighted by atomic mass is 10.0. The Morgan fingerprint density at radius 2 is 1.62 bits per heavy atom. The SMILES string of the molecule is Cc1ccc(N(c2cccc(-c3cccc(OC(F)(F)F)c3)c2)S(=O)[O-])c(S(N)(=O)=O)c1. The van der Waals surface area contributed by atoms with E-state index in [-0.39, 0.29) is 11.4 Å². The maximum Gasteiger partial charge on any atom is 0.573 e. The lowest BCUT2D eigenvalue weighted by Crippen LogP contribution is -2.24. The van der Waals surface area contributed by atoms with Crippen LogP contribution in [0.3, 0.4) is 0 Å². The van der Waals surface area contributed by atoms with Gasteiger partial charge in [0.05, 0.1) is 22.6 Å². The molecule has 3 rings (SSSR count). The van der Waals surface area contributed by atoms with Crippen LogP contribution in [0.1, 0.15) is 5.56 Å². The van der Waals surface area contributed by atoms with Crippen LogP contribution >= 0.6 is 0 Å². The van der Waals surface area contributed by atoms with E-state index in [2.05, 4.69) is 4.74 Å². The van der Waals surface area contributed by atoms with E-state index >= 15 is 0 Å². The molecular weight excluding hydrogens is 469 g/mol. The highest BCUT2D eigenvalue weighted by atomic mass is 32.2. The Balaban J connectivity index is 2.11. The molecule has 170 valence electrons. The lowest BCUT2D eigenvalue weighted by molar-refractivity contribution is -0.274. The summed E-state index contributed by atoms with van der Waals surface area (Å²) in [6.45, 7) is 1.62. The van der Waals surface area contributed by atoms with E-state index in [1.54, 1.807) is 13.0 Å². The Labute approximate surface area is 184 Å². The van der Waals surface area contributed by atoms with Gasteiger partial charge in [-0.2, -0.15) is 0 Å². The largest absolute Gasteiger partial charge is 0.755 e. The van der Waals surface area contributed by atoms with Crippen LogP contribution in [-0.4, -0.2) is 23.5 Å². The fraction of sp³-hybridized carbons (Fsp3) is 0.100. The molecule has 7 nitrogen and oxygen atoms in total. The number of benzene rings is 3. The van der Waals surface area contributed by atoms with Gasteiger partial charge >= 0.3 is 6.36 Å². The van der Waals surface area contributed by atoms with Gasteiger partial charge in [-0.25, -0.2) is 13.6 Å². The van der Waals surface area contributed by atoms with Gasteiger partial charge in [0.25, 0.3) is 0 Å². The zero-order chi connectivity index (χ0) is 23.7. The first-order chi connectivity index (χ1) is 14.8. The van der Waals surface area contributed by atoms with Gasteiger partial charge in [-0.3, -0.25) is 8.51 Å². The molecule has 0 saturated heterocycles. The maximum absolute atomic E-state index is 12.5. The molecule has 1 atom stereocenters. The molecule has 0 aliphatic carbocycles. The van der Waals surface area contributed by atoms with Crippen LogP contribution in [0, 0.1) is 6.92 Å². The molecule has 3 aromatic carbocycles. The van der Waals surface area contributed by atoms with Crippen molar-refractivity contribution in [2.45, 2.75) is 18.2 Å². The summed E-state index contributed by atoms with van der Waals surface area (Å²) in [5.74, 6) is -0.445. The second kappa shape index (κ2) is 8.90. The molecule has 0 heterocycles. The Morgan fingerprint density at radius 3 is 2.22 bits per heavy atom. The summed E-state index contributed by atoms with van der Waals surface area (Å²) in [4.78, 5) is -0.396. The molecule has 0 saturated carbocycles. The van der Waals surface area contributed by atoms with Crippen LogP contribution in [0.4, 0.5) is 24.5 Å². The van der Waals surface area contributed by atoms with Crippen LogP contribution in [0.15, 0.2) is 71.6 Å². The highest BCUT2D eigenvalue weighted by Crippen LogP contribution is 2.35. The average molecular weight is 485 g/mol. The van der Waals surface area contributed by atoms with Crippen molar-refractivity contribution in [3.8, 4) is 16.9 Å². The van der Waals surface area contributed by atoms with Gasteiger partial charge in [0.1, 0.15) is 10.6 Å². The predicted octanol–water partition coefficient (Wildman–Crippen LogP) is 4.14. The number of hydrogen-bond acceptors (Lipinski definition) is 5. The Bertz CT molecular complexity index is 1280. The van der Waals surface area contributed by atoms with Gasteiger partial charge in [-0.1, -0.05) is 30.3 Å². The van der Waals surface area contributed by atoms with E-state index < -0.39 is 38.3 Å². The second-order valence-corrected chi connectivity index (χ2v) is 8.98. The topological polar surface area (TPSA) is 113 Å². The summed E-state index contributed by atoms with van der Waals surface area (Å²) < 4.78 is 90.5. The normalized spacial score (nSPS) is 12.9. The third-order valence-electron chi connectivity index (χ3n) is 4.27. The zero-order valence-corrected chi connectivity index (χ0v) is 18.0. The first-order valence-electron chi connectivity index (χ1n) is 8.84. The molecular formula is C20H16F3N2O5S2-. The van der Waals surface area contributed by atoms with Gasteiger partial charge in [0, 0.05) is 0 Å². The van der Waals surface area contributed by atoms with Crippen molar-refractivity contribution < 1.29 is 35.1 Å². The minimum Gasteiger partial charge on any atom is -0.755 e. The first-order valence-corrected chi connectivity index (χ1v) is 11.4. The number of alkyl halides is 3. The van der Waals surface area contributed by atoms with Crippen molar-refractivity contribution >= 4 is 32.7 Å². The zero-order valence-electron chi connectivity index (χ0n) is 16.4. The molecule has 0 radical (unpaired) electrons. The van der Waals surface area contributed by atoms with E-state index in [4.69, 9.17) is 5.14 Å². The third-order valence-corrected chi connectivity index (χ3v) is 5.92. The molecule has 0 amide bonds. The molecule has 0 aromatic heterocycles. The minimum atomic E-state index is -4.87. The highest BCUT2D eigenvalue weighted by molar-refractivity contribution is 7.89. The summed E-state index contributed by atoms with van der Waals surface area (Å²) in [7, 11) is -4.27. The second-order valence-electron chi connectivity index (χ2n) is 6.65. The van der Waals surface area contributed by atoms with Gasteiger partial charge in [-0.15, -0.1) is 13.2 Å². The summed E-state index contributed by atoms with van der Waals surface area (Å²) in [5.41, 5.74) is 1.09. The average Bonchev–Trinajstić information content (AvgIpc) is 2.67. The quantitative estimate of drug-likeness (QED) is 0.528.